The highest BCUT2D eigenvalue weighted by Gasteiger charge is 2.21. The summed E-state index contributed by atoms with van der Waals surface area (Å²) in [5, 5.41) is 23.4. The van der Waals surface area contributed by atoms with Crippen molar-refractivity contribution < 1.29 is 19.7 Å². The van der Waals surface area contributed by atoms with Crippen molar-refractivity contribution in [3.05, 3.63) is 94.0 Å². The Hall–Kier alpha value is -2.99. The van der Waals surface area contributed by atoms with Gasteiger partial charge in [-0.25, -0.2) is 4.79 Å². The van der Waals surface area contributed by atoms with Crippen molar-refractivity contribution in [3.63, 3.8) is 0 Å². The fourth-order valence-corrected chi connectivity index (χ4v) is 4.47. The second kappa shape index (κ2) is 11.8. The number of rotatable bonds is 11. The van der Waals surface area contributed by atoms with Crippen LogP contribution in [0.3, 0.4) is 0 Å². The van der Waals surface area contributed by atoms with Gasteiger partial charge in [0.2, 0.25) is 0 Å². The number of aliphatic hydroxyl groups is 1. The topological polar surface area (TPSA) is 78.8 Å². The maximum atomic E-state index is 11.4. The lowest BCUT2D eigenvalue weighted by atomic mass is 9.93. The number of nitrogens with one attached hydrogen (secondary N) is 1. The van der Waals surface area contributed by atoms with Crippen LogP contribution in [0.2, 0.25) is 0 Å². The van der Waals surface area contributed by atoms with E-state index in [0.717, 1.165) is 23.1 Å². The number of aryl methyl sites for hydroxylation is 3. The molecule has 0 radical (unpaired) electrons. The summed E-state index contributed by atoms with van der Waals surface area (Å²) in [4.78, 5) is 11.4. The number of carboxylic acid groups (broad SMARTS) is 1. The molecule has 3 aromatic rings. The minimum absolute atomic E-state index is 0.166. The van der Waals surface area contributed by atoms with Crippen LogP contribution in [0.1, 0.15) is 65.1 Å². The molecule has 0 amide bonds. The molecule has 0 saturated heterocycles. The Labute approximate surface area is 215 Å². The molecular formula is C31H39NO4. The highest BCUT2D eigenvalue weighted by atomic mass is 16.5. The van der Waals surface area contributed by atoms with Gasteiger partial charge in [-0.05, 0) is 93.0 Å². The molecule has 0 saturated carbocycles. The first-order chi connectivity index (χ1) is 17.0. The van der Waals surface area contributed by atoms with Crippen LogP contribution in [0.5, 0.6) is 0 Å². The lowest BCUT2D eigenvalue weighted by molar-refractivity contribution is -0.00397. The van der Waals surface area contributed by atoms with E-state index in [1.807, 2.05) is 43.3 Å². The van der Waals surface area contributed by atoms with Gasteiger partial charge in [-0.1, -0.05) is 54.6 Å². The Kier molecular flexibility index (Phi) is 9.07. The van der Waals surface area contributed by atoms with Crippen molar-refractivity contribution in [2.45, 2.75) is 65.7 Å². The highest BCUT2D eigenvalue weighted by Crippen LogP contribution is 2.31. The smallest absolute Gasteiger partial charge is 0.335 e. The van der Waals surface area contributed by atoms with Crippen molar-refractivity contribution in [3.8, 4) is 11.1 Å². The van der Waals surface area contributed by atoms with E-state index < -0.39 is 12.1 Å². The standard InChI is InChI=1S/C31H39NO4/c1-20-11-12-24(15-21(20)2)17-31(5,6)32-18-26(33)19-36-23(4)28-9-7-8-10-29(28)25-13-14-27(30(34)35)22(3)16-25/h7-16,23,26,32-33H,17-19H2,1-6H3,(H,34,35)/t23?,26-/m0/s1. The fraction of sp³-hybridized carbons (Fsp3) is 0.387. The third kappa shape index (κ3) is 7.26. The molecule has 0 aliphatic heterocycles. The summed E-state index contributed by atoms with van der Waals surface area (Å²) in [5.74, 6) is -0.927. The maximum absolute atomic E-state index is 11.4. The Bertz CT molecular complexity index is 1200. The Morgan fingerprint density at radius 1 is 0.972 bits per heavy atom. The number of carbonyl (C=O) groups is 1. The largest absolute Gasteiger partial charge is 0.478 e. The van der Waals surface area contributed by atoms with Gasteiger partial charge in [0.15, 0.2) is 0 Å². The second-order valence-electron chi connectivity index (χ2n) is 10.4. The van der Waals surface area contributed by atoms with Crippen LogP contribution in [-0.2, 0) is 11.2 Å². The van der Waals surface area contributed by atoms with E-state index in [1.54, 1.807) is 13.0 Å². The molecule has 0 bridgehead atoms. The van der Waals surface area contributed by atoms with E-state index in [2.05, 4.69) is 51.2 Å². The molecule has 0 aliphatic carbocycles. The first-order valence-electron chi connectivity index (χ1n) is 12.5. The van der Waals surface area contributed by atoms with Gasteiger partial charge in [0, 0.05) is 12.1 Å². The number of aliphatic hydroxyl groups excluding tert-OH is 1. The average Bonchev–Trinajstić information content (AvgIpc) is 2.83. The van der Waals surface area contributed by atoms with Crippen molar-refractivity contribution in [1.29, 1.82) is 0 Å². The van der Waals surface area contributed by atoms with Gasteiger partial charge in [0.05, 0.1) is 24.4 Å². The van der Waals surface area contributed by atoms with Crippen LogP contribution >= 0.6 is 0 Å². The summed E-state index contributed by atoms with van der Waals surface area (Å²) in [7, 11) is 0. The van der Waals surface area contributed by atoms with E-state index in [4.69, 9.17) is 4.74 Å². The Morgan fingerprint density at radius 3 is 2.36 bits per heavy atom. The summed E-state index contributed by atoms with van der Waals surface area (Å²) in [6, 6.07) is 19.9. The molecule has 1 unspecified atom stereocenters. The number of aromatic carboxylic acids is 1. The first-order valence-corrected chi connectivity index (χ1v) is 12.5. The quantitative estimate of drug-likeness (QED) is 0.307. The van der Waals surface area contributed by atoms with Crippen LogP contribution in [-0.4, -0.2) is 41.0 Å². The van der Waals surface area contributed by atoms with Crippen LogP contribution in [0.4, 0.5) is 0 Å². The van der Waals surface area contributed by atoms with E-state index >= 15 is 0 Å². The lowest BCUT2D eigenvalue weighted by Crippen LogP contribution is -2.46. The molecule has 0 heterocycles. The summed E-state index contributed by atoms with van der Waals surface area (Å²) in [6.45, 7) is 13.0. The van der Waals surface area contributed by atoms with Crippen LogP contribution in [0.25, 0.3) is 11.1 Å². The molecule has 3 N–H and O–H groups in total. The summed E-state index contributed by atoms with van der Waals surface area (Å²) in [5.41, 5.74) is 7.64. The summed E-state index contributed by atoms with van der Waals surface area (Å²) in [6.07, 6.45) is -0.0134. The van der Waals surface area contributed by atoms with Crippen LogP contribution < -0.4 is 5.32 Å². The minimum Gasteiger partial charge on any atom is -0.478 e. The molecule has 0 fully saturated rings. The molecule has 5 heteroatoms. The molecule has 0 spiro atoms. The van der Waals surface area contributed by atoms with Crippen molar-refractivity contribution >= 4 is 5.97 Å². The third-order valence-corrected chi connectivity index (χ3v) is 6.74. The van der Waals surface area contributed by atoms with Gasteiger partial charge < -0.3 is 20.3 Å². The predicted molar refractivity (Wildman–Crippen MR) is 146 cm³/mol. The number of β-amino-alcohol motifs (C(OH)–C–C–N with tert-alkyl or cyclic N) is 1. The summed E-state index contributed by atoms with van der Waals surface area (Å²) >= 11 is 0. The van der Waals surface area contributed by atoms with Gasteiger partial charge in [0.1, 0.15) is 0 Å². The lowest BCUT2D eigenvalue weighted by Gasteiger charge is -2.28. The number of hydrogen-bond donors (Lipinski definition) is 3. The molecular weight excluding hydrogens is 450 g/mol. The van der Waals surface area contributed by atoms with Gasteiger partial charge in [-0.2, -0.15) is 0 Å². The molecule has 3 aromatic carbocycles. The van der Waals surface area contributed by atoms with Gasteiger partial charge >= 0.3 is 5.97 Å². The van der Waals surface area contributed by atoms with Crippen LogP contribution in [0, 0.1) is 20.8 Å². The SMILES string of the molecule is Cc1ccc(CC(C)(C)NC[C@H](O)COC(C)c2ccccc2-c2ccc(C(=O)O)c(C)c2)cc1C. The van der Waals surface area contributed by atoms with Crippen molar-refractivity contribution in [2.75, 3.05) is 13.2 Å². The monoisotopic (exact) mass is 489 g/mol. The van der Waals surface area contributed by atoms with Crippen molar-refractivity contribution in [2.24, 2.45) is 0 Å². The number of hydrogen-bond acceptors (Lipinski definition) is 4. The number of carboxylic acids is 1. The van der Waals surface area contributed by atoms with E-state index in [-0.39, 0.29) is 18.2 Å². The normalized spacial score (nSPS) is 13.4. The Morgan fingerprint density at radius 2 is 1.69 bits per heavy atom. The van der Waals surface area contributed by atoms with E-state index in [1.165, 1.54) is 16.7 Å². The minimum atomic E-state index is -0.927. The van der Waals surface area contributed by atoms with Gasteiger partial charge in [-0.3, -0.25) is 0 Å². The molecule has 0 aliphatic rings. The molecule has 3 rings (SSSR count). The fourth-order valence-electron chi connectivity index (χ4n) is 4.47. The predicted octanol–water partition coefficient (Wildman–Crippen LogP) is 6.03. The molecule has 5 nitrogen and oxygen atoms in total. The maximum Gasteiger partial charge on any atom is 0.335 e. The highest BCUT2D eigenvalue weighted by molar-refractivity contribution is 5.90. The number of benzene rings is 3. The Balaban J connectivity index is 1.59. The molecule has 192 valence electrons. The van der Waals surface area contributed by atoms with E-state index in [0.29, 0.717) is 17.7 Å². The van der Waals surface area contributed by atoms with Gasteiger partial charge in [0.25, 0.3) is 0 Å². The van der Waals surface area contributed by atoms with Crippen molar-refractivity contribution in [1.82, 2.24) is 5.32 Å². The van der Waals surface area contributed by atoms with Gasteiger partial charge in [-0.15, -0.1) is 0 Å². The average molecular weight is 490 g/mol. The third-order valence-electron chi connectivity index (χ3n) is 6.74. The zero-order valence-corrected chi connectivity index (χ0v) is 22.3. The van der Waals surface area contributed by atoms with E-state index in [9.17, 15) is 15.0 Å². The molecule has 0 aromatic heterocycles. The summed E-state index contributed by atoms with van der Waals surface area (Å²) < 4.78 is 6.07. The zero-order chi connectivity index (χ0) is 26.5. The zero-order valence-electron chi connectivity index (χ0n) is 22.3. The molecule has 2 atom stereocenters. The first kappa shape index (κ1) is 27.6. The molecule has 36 heavy (non-hydrogen) atoms. The second-order valence-corrected chi connectivity index (χ2v) is 10.4. The number of ether oxygens (including phenoxy) is 1. The van der Waals surface area contributed by atoms with Crippen LogP contribution in [0.15, 0.2) is 60.7 Å².